The van der Waals surface area contributed by atoms with Crippen molar-refractivity contribution >= 4 is 21.4 Å². The van der Waals surface area contributed by atoms with Crippen LogP contribution < -0.4 is 0 Å². The number of halogens is 1. The first-order valence-corrected chi connectivity index (χ1v) is 6.41. The van der Waals surface area contributed by atoms with Crippen LogP contribution in [0.15, 0.2) is 50.8 Å². The molecule has 4 nitrogen and oxygen atoms in total. The summed E-state index contributed by atoms with van der Waals surface area (Å²) in [5.41, 5.74) is 0. The summed E-state index contributed by atoms with van der Waals surface area (Å²) in [6.07, 6.45) is 0. The van der Waals surface area contributed by atoms with Gasteiger partial charge < -0.3 is 4.42 Å². The molecule has 1 aromatic heterocycles. The van der Waals surface area contributed by atoms with E-state index >= 15 is 0 Å². The van der Waals surface area contributed by atoms with Crippen LogP contribution in [0.2, 0.25) is 5.02 Å². The van der Waals surface area contributed by atoms with E-state index in [1.807, 2.05) is 0 Å². The lowest BCUT2D eigenvalue weighted by atomic mass is 10.4. The van der Waals surface area contributed by atoms with E-state index in [2.05, 4.69) is 0 Å². The molecule has 0 atom stereocenters. The van der Waals surface area contributed by atoms with Crippen molar-refractivity contribution in [1.82, 2.24) is 0 Å². The highest BCUT2D eigenvalue weighted by atomic mass is 35.5. The molecule has 17 heavy (non-hydrogen) atoms. The number of hydrogen-bond acceptors (Lipinski definition) is 4. The molecule has 0 N–H and O–H groups in total. The second kappa shape index (κ2) is 4.24. The maximum atomic E-state index is 12.0. The van der Waals surface area contributed by atoms with E-state index in [1.54, 1.807) is 6.07 Å². The molecule has 0 aliphatic carbocycles. The monoisotopic (exact) mass is 267 g/mol. The van der Waals surface area contributed by atoms with Gasteiger partial charge in [-0.1, -0.05) is 11.6 Å². The molecule has 0 aliphatic heterocycles. The van der Waals surface area contributed by atoms with Crippen LogP contribution in [0.5, 0.6) is 0 Å². The van der Waals surface area contributed by atoms with Crippen LogP contribution in [-0.2, 0) is 9.84 Å². The van der Waals surface area contributed by atoms with Crippen molar-refractivity contribution in [2.45, 2.75) is 9.99 Å². The Morgan fingerprint density at radius 1 is 1.12 bits per heavy atom. The van der Waals surface area contributed by atoms with Crippen LogP contribution in [0.1, 0.15) is 5.76 Å². The second-order valence-electron chi connectivity index (χ2n) is 3.19. The Kier molecular flexibility index (Phi) is 2.92. The fraction of sp³-hybridized carbons (Fsp3) is 0. The quantitative estimate of drug-likeness (QED) is 0.838. The van der Waals surface area contributed by atoms with Crippen molar-refractivity contribution in [3.05, 3.63) is 47.2 Å². The third-order valence-electron chi connectivity index (χ3n) is 2.08. The first kappa shape index (κ1) is 11.7. The molecule has 1 aromatic carbocycles. The lowest BCUT2D eigenvalue weighted by Gasteiger charge is -2.00. The van der Waals surface area contributed by atoms with Crippen molar-refractivity contribution in [3.63, 3.8) is 0 Å². The Morgan fingerprint density at radius 3 is 2.29 bits per heavy atom. The van der Waals surface area contributed by atoms with Gasteiger partial charge in [0.2, 0.25) is 20.7 Å². The van der Waals surface area contributed by atoms with E-state index in [0.717, 1.165) is 0 Å². The van der Waals surface area contributed by atoms with Crippen LogP contribution >= 0.6 is 11.6 Å². The Bertz CT molecular complexity index is 680. The highest BCUT2D eigenvalue weighted by Crippen LogP contribution is 2.23. The minimum atomic E-state index is -3.72. The third kappa shape index (κ3) is 2.18. The first-order chi connectivity index (χ1) is 8.04. The van der Waals surface area contributed by atoms with Crippen molar-refractivity contribution in [1.29, 1.82) is 5.26 Å². The molecule has 0 aliphatic rings. The van der Waals surface area contributed by atoms with Crippen molar-refractivity contribution < 1.29 is 12.8 Å². The average Bonchev–Trinajstić information content (AvgIpc) is 2.78. The molecule has 0 radical (unpaired) electrons. The van der Waals surface area contributed by atoms with Crippen molar-refractivity contribution in [2.24, 2.45) is 0 Å². The van der Waals surface area contributed by atoms with Gasteiger partial charge in [0, 0.05) is 5.02 Å². The lowest BCUT2D eigenvalue weighted by molar-refractivity contribution is 0.441. The topological polar surface area (TPSA) is 71.1 Å². The first-order valence-electron chi connectivity index (χ1n) is 4.54. The van der Waals surface area contributed by atoms with E-state index in [4.69, 9.17) is 21.3 Å². The van der Waals surface area contributed by atoms with E-state index in [0.29, 0.717) is 5.02 Å². The Hall–Kier alpha value is -1.77. The SMILES string of the molecule is N#Cc1ccc(S(=O)(=O)c2ccc(Cl)cc2)o1. The van der Waals surface area contributed by atoms with Gasteiger partial charge in [0.1, 0.15) is 6.07 Å². The van der Waals surface area contributed by atoms with Gasteiger partial charge in [-0.05, 0) is 36.4 Å². The minimum Gasteiger partial charge on any atom is -0.434 e. The summed E-state index contributed by atoms with van der Waals surface area (Å²) in [6, 6.07) is 10.0. The molecule has 0 saturated heterocycles. The van der Waals surface area contributed by atoms with Crippen molar-refractivity contribution in [3.8, 4) is 6.07 Å². The molecule has 6 heteroatoms. The van der Waals surface area contributed by atoms with Gasteiger partial charge in [-0.25, -0.2) is 8.42 Å². The number of hydrogen-bond donors (Lipinski definition) is 0. The standard InChI is InChI=1S/C11H6ClNO3S/c12-8-1-4-10(5-2-8)17(14,15)11-6-3-9(7-13)16-11/h1-6H. The second-order valence-corrected chi connectivity index (χ2v) is 5.50. The molecule has 0 spiro atoms. The van der Waals surface area contributed by atoms with Crippen LogP contribution in [0.25, 0.3) is 0 Å². The highest BCUT2D eigenvalue weighted by molar-refractivity contribution is 7.91. The molecule has 0 fully saturated rings. The number of sulfone groups is 1. The molecule has 0 bridgehead atoms. The van der Waals surface area contributed by atoms with E-state index in [-0.39, 0.29) is 15.7 Å². The van der Waals surface area contributed by atoms with Crippen molar-refractivity contribution in [2.75, 3.05) is 0 Å². The predicted molar refractivity (Wildman–Crippen MR) is 60.3 cm³/mol. The summed E-state index contributed by atoms with van der Waals surface area (Å²) in [4.78, 5) is 0.0701. The Morgan fingerprint density at radius 2 is 1.76 bits per heavy atom. The summed E-state index contributed by atoms with van der Waals surface area (Å²) >= 11 is 5.67. The fourth-order valence-corrected chi connectivity index (χ4v) is 2.55. The molecule has 0 unspecified atom stereocenters. The number of nitriles is 1. The zero-order valence-corrected chi connectivity index (χ0v) is 9.99. The van der Waals surface area contributed by atoms with E-state index in [9.17, 15) is 8.42 Å². The maximum absolute atomic E-state index is 12.0. The summed E-state index contributed by atoms with van der Waals surface area (Å²) < 4.78 is 29.0. The largest absolute Gasteiger partial charge is 0.434 e. The van der Waals surface area contributed by atoms with Gasteiger partial charge in [-0.3, -0.25) is 0 Å². The lowest BCUT2D eigenvalue weighted by Crippen LogP contribution is -1.99. The molecule has 0 amide bonds. The number of rotatable bonds is 2. The average molecular weight is 268 g/mol. The van der Waals surface area contributed by atoms with Gasteiger partial charge in [0.05, 0.1) is 4.90 Å². The molecule has 2 rings (SSSR count). The maximum Gasteiger partial charge on any atom is 0.239 e. The summed E-state index contributed by atoms with van der Waals surface area (Å²) in [6.45, 7) is 0. The Labute approximate surface area is 103 Å². The summed E-state index contributed by atoms with van der Waals surface area (Å²) in [5, 5.41) is 8.76. The minimum absolute atomic E-state index is 0.0439. The molecule has 0 saturated carbocycles. The van der Waals surface area contributed by atoms with Gasteiger partial charge in [-0.15, -0.1) is 0 Å². The molecule has 2 aromatic rings. The van der Waals surface area contributed by atoms with Gasteiger partial charge in [0.25, 0.3) is 0 Å². The summed E-state index contributed by atoms with van der Waals surface area (Å²) in [5.74, 6) is -0.0439. The van der Waals surface area contributed by atoms with Crippen LogP contribution in [-0.4, -0.2) is 8.42 Å². The number of benzene rings is 1. The third-order valence-corrected chi connectivity index (χ3v) is 3.97. The zero-order valence-electron chi connectivity index (χ0n) is 8.42. The van der Waals surface area contributed by atoms with Gasteiger partial charge in [0.15, 0.2) is 0 Å². The fourth-order valence-electron chi connectivity index (χ4n) is 1.25. The molecule has 86 valence electrons. The number of nitrogens with zero attached hydrogens (tertiary/aromatic N) is 1. The molecular weight excluding hydrogens is 262 g/mol. The van der Waals surface area contributed by atoms with E-state index in [1.165, 1.54) is 36.4 Å². The zero-order chi connectivity index (χ0) is 12.5. The molecular formula is C11H6ClNO3S. The van der Waals surface area contributed by atoms with E-state index < -0.39 is 9.84 Å². The van der Waals surface area contributed by atoms with Crippen LogP contribution in [0, 0.1) is 11.3 Å². The Balaban J connectivity index is 2.50. The summed E-state index contributed by atoms with van der Waals surface area (Å²) in [7, 11) is -3.72. The van der Waals surface area contributed by atoms with Crippen LogP contribution in [0.4, 0.5) is 0 Å². The highest BCUT2D eigenvalue weighted by Gasteiger charge is 2.21. The van der Waals surface area contributed by atoms with Gasteiger partial charge in [-0.2, -0.15) is 5.26 Å². The normalized spacial score (nSPS) is 11.1. The van der Waals surface area contributed by atoms with Crippen LogP contribution in [0.3, 0.4) is 0 Å². The molecule has 1 heterocycles. The predicted octanol–water partition coefficient (Wildman–Crippen LogP) is 2.64. The van der Waals surface area contributed by atoms with Gasteiger partial charge >= 0.3 is 0 Å². The smallest absolute Gasteiger partial charge is 0.239 e. The number of furan rings is 1.